The van der Waals surface area contributed by atoms with E-state index in [2.05, 4.69) is 37.0 Å². The van der Waals surface area contributed by atoms with E-state index in [-0.39, 0.29) is 0 Å². The van der Waals surface area contributed by atoms with Crippen molar-refractivity contribution in [2.45, 2.75) is 20.3 Å². The van der Waals surface area contributed by atoms with E-state index in [0.717, 1.165) is 6.42 Å². The summed E-state index contributed by atoms with van der Waals surface area (Å²) in [6.07, 6.45) is 9.05. The van der Waals surface area contributed by atoms with Gasteiger partial charge in [-0.25, -0.2) is 0 Å². The molecule has 0 bridgehead atoms. The molecule has 1 aromatic rings. The summed E-state index contributed by atoms with van der Waals surface area (Å²) in [4.78, 5) is 4.09. The van der Waals surface area contributed by atoms with Crippen molar-refractivity contribution in [2.24, 2.45) is 0 Å². The minimum absolute atomic E-state index is 1.08. The van der Waals surface area contributed by atoms with Crippen LogP contribution in [-0.2, 0) is 0 Å². The third-order valence-corrected chi connectivity index (χ3v) is 1.44. The molecule has 0 N–H and O–H groups in total. The maximum atomic E-state index is 4.09. The van der Waals surface area contributed by atoms with Gasteiger partial charge in [0.1, 0.15) is 0 Å². The van der Waals surface area contributed by atoms with Crippen LogP contribution in [0.15, 0.2) is 24.5 Å². The second-order valence-electron chi connectivity index (χ2n) is 2.61. The molecule has 1 rings (SSSR count). The number of allylic oxidation sites excluding steroid dienone is 1. The van der Waals surface area contributed by atoms with E-state index in [1.165, 1.54) is 11.1 Å². The molecule has 0 saturated carbocycles. The van der Waals surface area contributed by atoms with E-state index >= 15 is 0 Å². The Morgan fingerprint density at radius 2 is 2.27 bits per heavy atom. The van der Waals surface area contributed by atoms with Gasteiger partial charge in [-0.2, -0.15) is 0 Å². The van der Waals surface area contributed by atoms with Crippen LogP contribution in [0, 0.1) is 6.92 Å². The first-order valence-electron chi connectivity index (χ1n) is 3.91. The molecule has 0 aliphatic heterocycles. The monoisotopic (exact) mass is 147 g/mol. The predicted molar refractivity (Wildman–Crippen MR) is 48.3 cm³/mol. The summed E-state index contributed by atoms with van der Waals surface area (Å²) < 4.78 is 0. The summed E-state index contributed by atoms with van der Waals surface area (Å²) in [5, 5.41) is 0. The van der Waals surface area contributed by atoms with Crippen molar-refractivity contribution in [3.8, 4) is 0 Å². The number of hydrogen-bond donors (Lipinski definition) is 0. The van der Waals surface area contributed by atoms with Gasteiger partial charge in [0.05, 0.1) is 0 Å². The van der Waals surface area contributed by atoms with E-state index < -0.39 is 0 Å². The van der Waals surface area contributed by atoms with E-state index in [1.807, 2.05) is 12.4 Å². The SMILES string of the molecule is CC/C=C/c1cncc(C)c1. The lowest BCUT2D eigenvalue weighted by molar-refractivity contribution is 1.22. The molecule has 0 aromatic carbocycles. The van der Waals surface area contributed by atoms with Crippen LogP contribution >= 0.6 is 0 Å². The van der Waals surface area contributed by atoms with Crippen LogP contribution < -0.4 is 0 Å². The molecule has 0 fully saturated rings. The zero-order valence-corrected chi connectivity index (χ0v) is 7.04. The van der Waals surface area contributed by atoms with Crippen LogP contribution in [0.5, 0.6) is 0 Å². The number of nitrogens with zero attached hydrogens (tertiary/aromatic N) is 1. The van der Waals surface area contributed by atoms with E-state index in [9.17, 15) is 0 Å². The van der Waals surface area contributed by atoms with E-state index in [1.54, 1.807) is 0 Å². The Morgan fingerprint density at radius 3 is 2.91 bits per heavy atom. The first-order valence-corrected chi connectivity index (χ1v) is 3.91. The van der Waals surface area contributed by atoms with Crippen LogP contribution in [-0.4, -0.2) is 4.98 Å². The van der Waals surface area contributed by atoms with Crippen molar-refractivity contribution in [1.82, 2.24) is 4.98 Å². The van der Waals surface area contributed by atoms with Crippen LogP contribution in [0.3, 0.4) is 0 Å². The van der Waals surface area contributed by atoms with Crippen LogP contribution in [0.1, 0.15) is 24.5 Å². The Bertz CT molecular complexity index is 251. The molecule has 0 saturated heterocycles. The Kier molecular flexibility index (Phi) is 2.84. The number of hydrogen-bond acceptors (Lipinski definition) is 1. The molecule has 1 heteroatoms. The summed E-state index contributed by atoms with van der Waals surface area (Å²) in [7, 11) is 0. The van der Waals surface area contributed by atoms with Crippen molar-refractivity contribution in [3.05, 3.63) is 35.7 Å². The molecule has 58 valence electrons. The Balaban J connectivity index is 2.79. The maximum Gasteiger partial charge on any atom is 0.0340 e. The minimum Gasteiger partial charge on any atom is -0.264 e. The lowest BCUT2D eigenvalue weighted by atomic mass is 10.2. The molecule has 0 aliphatic rings. The molecule has 11 heavy (non-hydrogen) atoms. The Morgan fingerprint density at radius 1 is 1.45 bits per heavy atom. The molecule has 0 unspecified atom stereocenters. The van der Waals surface area contributed by atoms with Gasteiger partial charge in [0.2, 0.25) is 0 Å². The highest BCUT2D eigenvalue weighted by atomic mass is 14.6. The van der Waals surface area contributed by atoms with Gasteiger partial charge in [-0.1, -0.05) is 19.1 Å². The summed E-state index contributed by atoms with van der Waals surface area (Å²) in [5.74, 6) is 0. The second-order valence-corrected chi connectivity index (χ2v) is 2.61. The van der Waals surface area contributed by atoms with Gasteiger partial charge < -0.3 is 0 Å². The molecular weight excluding hydrogens is 134 g/mol. The van der Waals surface area contributed by atoms with Gasteiger partial charge in [-0.15, -0.1) is 0 Å². The zero-order valence-electron chi connectivity index (χ0n) is 7.04. The summed E-state index contributed by atoms with van der Waals surface area (Å²) in [5.41, 5.74) is 2.40. The Labute approximate surface area is 67.8 Å². The maximum absolute atomic E-state index is 4.09. The summed E-state index contributed by atoms with van der Waals surface area (Å²) in [6, 6.07) is 2.12. The lowest BCUT2D eigenvalue weighted by Gasteiger charge is -1.93. The van der Waals surface area contributed by atoms with Crippen LogP contribution in [0.25, 0.3) is 6.08 Å². The van der Waals surface area contributed by atoms with E-state index in [4.69, 9.17) is 0 Å². The molecule has 0 atom stereocenters. The van der Waals surface area contributed by atoms with Gasteiger partial charge in [-0.3, -0.25) is 4.98 Å². The third-order valence-electron chi connectivity index (χ3n) is 1.44. The summed E-state index contributed by atoms with van der Waals surface area (Å²) >= 11 is 0. The zero-order chi connectivity index (χ0) is 8.10. The number of aryl methyl sites for hydroxylation is 1. The fraction of sp³-hybridized carbons (Fsp3) is 0.300. The normalized spacial score (nSPS) is 10.7. The average Bonchev–Trinajstić information content (AvgIpc) is 2.01. The third kappa shape index (κ3) is 2.54. The quantitative estimate of drug-likeness (QED) is 0.626. The van der Waals surface area contributed by atoms with Gasteiger partial charge >= 0.3 is 0 Å². The molecule has 1 heterocycles. The topological polar surface area (TPSA) is 12.9 Å². The molecule has 0 amide bonds. The van der Waals surface area contributed by atoms with Gasteiger partial charge in [-0.05, 0) is 30.5 Å². The van der Waals surface area contributed by atoms with Gasteiger partial charge in [0.15, 0.2) is 0 Å². The lowest BCUT2D eigenvalue weighted by Crippen LogP contribution is -1.78. The highest BCUT2D eigenvalue weighted by Gasteiger charge is 1.86. The number of aromatic nitrogens is 1. The predicted octanol–water partition coefficient (Wildman–Crippen LogP) is 2.81. The van der Waals surface area contributed by atoms with Gasteiger partial charge in [0, 0.05) is 12.4 Å². The molecular formula is C10H13N. The second kappa shape index (κ2) is 3.91. The highest BCUT2D eigenvalue weighted by molar-refractivity contribution is 5.48. The fourth-order valence-corrected chi connectivity index (χ4v) is 0.923. The van der Waals surface area contributed by atoms with Crippen molar-refractivity contribution < 1.29 is 0 Å². The minimum atomic E-state index is 1.08. The number of rotatable bonds is 2. The van der Waals surface area contributed by atoms with Crippen molar-refractivity contribution >= 4 is 6.08 Å². The average molecular weight is 147 g/mol. The fourth-order valence-electron chi connectivity index (χ4n) is 0.923. The van der Waals surface area contributed by atoms with Crippen molar-refractivity contribution in [1.29, 1.82) is 0 Å². The molecule has 1 nitrogen and oxygen atoms in total. The largest absolute Gasteiger partial charge is 0.264 e. The molecule has 0 aliphatic carbocycles. The van der Waals surface area contributed by atoms with E-state index in [0.29, 0.717) is 0 Å². The van der Waals surface area contributed by atoms with Crippen molar-refractivity contribution in [3.63, 3.8) is 0 Å². The molecule has 0 radical (unpaired) electrons. The van der Waals surface area contributed by atoms with Gasteiger partial charge in [0.25, 0.3) is 0 Å². The highest BCUT2D eigenvalue weighted by Crippen LogP contribution is 2.03. The van der Waals surface area contributed by atoms with Crippen molar-refractivity contribution in [2.75, 3.05) is 0 Å². The summed E-state index contributed by atoms with van der Waals surface area (Å²) in [6.45, 7) is 4.18. The molecule has 0 spiro atoms. The Hall–Kier alpha value is -1.11. The standard InChI is InChI=1S/C10H13N/c1-3-4-5-10-6-9(2)7-11-8-10/h4-8H,3H2,1-2H3/b5-4+. The molecule has 1 aromatic heterocycles. The smallest absolute Gasteiger partial charge is 0.0340 e. The first kappa shape index (κ1) is 7.99. The van der Waals surface area contributed by atoms with Crippen LogP contribution in [0.4, 0.5) is 0 Å². The van der Waals surface area contributed by atoms with Crippen LogP contribution in [0.2, 0.25) is 0 Å². The first-order chi connectivity index (χ1) is 5.33. The number of pyridine rings is 1.